The zero-order valence-corrected chi connectivity index (χ0v) is 14.1. The normalized spacial score (nSPS) is 12.2. The molecule has 1 aliphatic rings. The van der Waals surface area contributed by atoms with Crippen LogP contribution >= 0.6 is 23.4 Å². The number of anilines is 4. The van der Waals surface area contributed by atoms with Crippen LogP contribution in [0, 0.1) is 0 Å². The molecule has 5 heteroatoms. The number of nitrogens with zero attached hydrogens (tertiary/aromatic N) is 2. The zero-order valence-electron chi connectivity index (χ0n) is 12.6. The Bertz CT molecular complexity index is 698. The molecule has 110 valence electrons. The molecule has 0 saturated heterocycles. The number of hydrogen-bond acceptors (Lipinski definition) is 4. The van der Waals surface area contributed by atoms with Crippen molar-refractivity contribution in [3.05, 3.63) is 35.4 Å². The first-order valence-corrected chi connectivity index (χ1v) is 7.93. The van der Waals surface area contributed by atoms with Crippen LogP contribution in [0.5, 0.6) is 0 Å². The highest BCUT2D eigenvalue weighted by Gasteiger charge is 2.24. The standard InChI is InChI=1S/C16H18ClN3S/c1-19(2)15-10(17)9-13-14(16(15)20(3)4)18-11-7-5-6-8-12(11)21-13/h5-9,18H,1-4H3. The van der Waals surface area contributed by atoms with Gasteiger partial charge in [0, 0.05) is 38.0 Å². The molecule has 2 aromatic rings. The summed E-state index contributed by atoms with van der Waals surface area (Å²) in [5, 5.41) is 4.34. The van der Waals surface area contributed by atoms with Gasteiger partial charge in [0.2, 0.25) is 0 Å². The minimum absolute atomic E-state index is 0.774. The molecule has 1 heterocycles. The van der Waals surface area contributed by atoms with Crippen molar-refractivity contribution >= 4 is 46.1 Å². The Morgan fingerprint density at radius 2 is 1.62 bits per heavy atom. The molecule has 0 saturated carbocycles. The molecule has 0 bridgehead atoms. The second-order valence-corrected chi connectivity index (χ2v) is 6.93. The average molecular weight is 320 g/mol. The van der Waals surface area contributed by atoms with E-state index in [1.54, 1.807) is 11.8 Å². The Hall–Kier alpha value is -1.52. The zero-order chi connectivity index (χ0) is 15.1. The minimum atomic E-state index is 0.774. The van der Waals surface area contributed by atoms with Crippen molar-refractivity contribution in [1.29, 1.82) is 0 Å². The fraction of sp³-hybridized carbons (Fsp3) is 0.250. The Labute approximate surface area is 134 Å². The topological polar surface area (TPSA) is 18.5 Å². The smallest absolute Gasteiger partial charge is 0.0865 e. The van der Waals surface area contributed by atoms with Gasteiger partial charge in [0.1, 0.15) is 0 Å². The molecule has 0 radical (unpaired) electrons. The summed E-state index contributed by atoms with van der Waals surface area (Å²) in [4.78, 5) is 6.56. The van der Waals surface area contributed by atoms with Crippen molar-refractivity contribution in [3.8, 4) is 0 Å². The van der Waals surface area contributed by atoms with Crippen molar-refractivity contribution in [3.63, 3.8) is 0 Å². The largest absolute Gasteiger partial charge is 0.375 e. The maximum absolute atomic E-state index is 6.52. The Morgan fingerprint density at radius 1 is 0.952 bits per heavy atom. The molecule has 0 atom stereocenters. The molecule has 0 aromatic heterocycles. The van der Waals surface area contributed by atoms with E-state index in [2.05, 4.69) is 39.4 Å². The summed E-state index contributed by atoms with van der Waals surface area (Å²) in [5.74, 6) is 0. The van der Waals surface area contributed by atoms with Gasteiger partial charge in [-0.25, -0.2) is 0 Å². The molecule has 0 aliphatic carbocycles. The molecule has 2 aromatic carbocycles. The highest BCUT2D eigenvalue weighted by atomic mass is 35.5. The van der Waals surface area contributed by atoms with E-state index in [9.17, 15) is 0 Å². The van der Waals surface area contributed by atoms with Gasteiger partial charge in [0.25, 0.3) is 0 Å². The van der Waals surface area contributed by atoms with Gasteiger partial charge < -0.3 is 15.1 Å². The van der Waals surface area contributed by atoms with Crippen LogP contribution in [-0.4, -0.2) is 28.2 Å². The van der Waals surface area contributed by atoms with Gasteiger partial charge in [-0.2, -0.15) is 0 Å². The van der Waals surface area contributed by atoms with Gasteiger partial charge in [-0.05, 0) is 18.2 Å². The highest BCUT2D eigenvalue weighted by molar-refractivity contribution is 7.99. The average Bonchev–Trinajstić information content (AvgIpc) is 2.43. The summed E-state index contributed by atoms with van der Waals surface area (Å²) in [7, 11) is 8.13. The number of hydrogen-bond donors (Lipinski definition) is 1. The summed E-state index contributed by atoms with van der Waals surface area (Å²) in [6.45, 7) is 0. The van der Waals surface area contributed by atoms with E-state index < -0.39 is 0 Å². The second-order valence-electron chi connectivity index (χ2n) is 5.44. The lowest BCUT2D eigenvalue weighted by Gasteiger charge is -2.31. The lowest BCUT2D eigenvalue weighted by atomic mass is 10.1. The quantitative estimate of drug-likeness (QED) is 0.739. The fourth-order valence-electron chi connectivity index (χ4n) is 2.58. The number of fused-ring (bicyclic) bond motifs is 2. The molecule has 0 fully saturated rings. The SMILES string of the molecule is CN(C)c1c(Cl)cc2c(c1N(C)C)Nc1ccccc1S2. The lowest BCUT2D eigenvalue weighted by molar-refractivity contribution is 1.07. The molecule has 21 heavy (non-hydrogen) atoms. The maximum Gasteiger partial charge on any atom is 0.0865 e. The van der Waals surface area contributed by atoms with Crippen molar-refractivity contribution in [2.75, 3.05) is 43.3 Å². The van der Waals surface area contributed by atoms with Gasteiger partial charge in [0.05, 0.1) is 27.8 Å². The Kier molecular flexibility index (Phi) is 3.68. The summed E-state index contributed by atoms with van der Waals surface area (Å²) < 4.78 is 0. The summed E-state index contributed by atoms with van der Waals surface area (Å²) in [6, 6.07) is 10.4. The molecule has 0 spiro atoms. The molecule has 1 N–H and O–H groups in total. The molecular weight excluding hydrogens is 302 g/mol. The summed E-state index contributed by atoms with van der Waals surface area (Å²) in [5.41, 5.74) is 4.42. The minimum Gasteiger partial charge on any atom is -0.375 e. The molecule has 0 amide bonds. The van der Waals surface area contributed by atoms with Crippen LogP contribution in [0.15, 0.2) is 40.1 Å². The van der Waals surface area contributed by atoms with Crippen LogP contribution < -0.4 is 15.1 Å². The predicted molar refractivity (Wildman–Crippen MR) is 94.0 cm³/mol. The third kappa shape index (κ3) is 2.43. The Balaban J connectivity index is 2.22. The van der Waals surface area contributed by atoms with Crippen LogP contribution in [0.3, 0.4) is 0 Å². The van der Waals surface area contributed by atoms with Gasteiger partial charge in [-0.1, -0.05) is 35.5 Å². The maximum atomic E-state index is 6.52. The summed E-state index contributed by atoms with van der Waals surface area (Å²) >= 11 is 8.28. The van der Waals surface area contributed by atoms with E-state index in [-0.39, 0.29) is 0 Å². The monoisotopic (exact) mass is 319 g/mol. The number of rotatable bonds is 2. The number of nitrogens with one attached hydrogen (secondary N) is 1. The van der Waals surface area contributed by atoms with Crippen molar-refractivity contribution < 1.29 is 0 Å². The van der Waals surface area contributed by atoms with Gasteiger partial charge in [-0.3, -0.25) is 0 Å². The van der Waals surface area contributed by atoms with Crippen molar-refractivity contribution in [1.82, 2.24) is 0 Å². The van der Waals surface area contributed by atoms with Crippen LogP contribution in [0.25, 0.3) is 0 Å². The van der Waals surface area contributed by atoms with E-state index in [1.807, 2.05) is 34.3 Å². The molecule has 3 rings (SSSR count). The first-order valence-electron chi connectivity index (χ1n) is 6.74. The number of halogens is 1. The van der Waals surface area contributed by atoms with E-state index in [1.165, 1.54) is 4.90 Å². The second kappa shape index (κ2) is 5.35. The Morgan fingerprint density at radius 3 is 2.29 bits per heavy atom. The van der Waals surface area contributed by atoms with Gasteiger partial charge in [-0.15, -0.1) is 0 Å². The molecule has 0 unspecified atom stereocenters. The first-order chi connectivity index (χ1) is 9.99. The molecule has 1 aliphatic heterocycles. The van der Waals surface area contributed by atoms with E-state index in [0.717, 1.165) is 32.7 Å². The third-order valence-corrected chi connectivity index (χ3v) is 4.86. The van der Waals surface area contributed by atoms with Crippen LogP contribution in [-0.2, 0) is 0 Å². The van der Waals surface area contributed by atoms with Crippen molar-refractivity contribution in [2.24, 2.45) is 0 Å². The van der Waals surface area contributed by atoms with Gasteiger partial charge >= 0.3 is 0 Å². The van der Waals surface area contributed by atoms with Gasteiger partial charge in [0.15, 0.2) is 0 Å². The first kappa shape index (κ1) is 14.4. The fourth-order valence-corrected chi connectivity index (χ4v) is 4.05. The molecule has 3 nitrogen and oxygen atoms in total. The predicted octanol–water partition coefficient (Wildman–Crippen LogP) is 4.68. The lowest BCUT2D eigenvalue weighted by Crippen LogP contribution is -2.19. The van der Waals surface area contributed by atoms with Crippen LogP contribution in [0.4, 0.5) is 22.7 Å². The van der Waals surface area contributed by atoms with Crippen LogP contribution in [0.1, 0.15) is 0 Å². The van der Waals surface area contributed by atoms with E-state index in [4.69, 9.17) is 11.6 Å². The third-order valence-electron chi connectivity index (χ3n) is 3.45. The number of para-hydroxylation sites is 1. The number of benzene rings is 2. The van der Waals surface area contributed by atoms with Crippen molar-refractivity contribution in [2.45, 2.75) is 9.79 Å². The van der Waals surface area contributed by atoms with E-state index in [0.29, 0.717) is 0 Å². The highest BCUT2D eigenvalue weighted by Crippen LogP contribution is 2.52. The molecular formula is C16H18ClN3S. The summed E-state index contributed by atoms with van der Waals surface area (Å²) in [6.07, 6.45) is 0. The van der Waals surface area contributed by atoms with Crippen LogP contribution in [0.2, 0.25) is 5.02 Å². The van der Waals surface area contributed by atoms with E-state index >= 15 is 0 Å².